The largest absolute Gasteiger partial charge is 0.481 e. The molecule has 1 aromatic carbocycles. The second-order valence-electron chi connectivity index (χ2n) is 5.27. The number of hydrogen-bond acceptors (Lipinski definition) is 7. The number of hydrogen-bond donors (Lipinski definition) is 1. The van der Waals surface area contributed by atoms with Crippen molar-refractivity contribution in [1.29, 1.82) is 0 Å². The number of nitrogens with zero attached hydrogens (tertiary/aromatic N) is 2. The van der Waals surface area contributed by atoms with Crippen LogP contribution in [-0.2, 0) is 16.0 Å². The van der Waals surface area contributed by atoms with Gasteiger partial charge in [-0.3, -0.25) is 14.9 Å². The molecule has 0 aliphatic rings. The Hall–Kier alpha value is -3.49. The summed E-state index contributed by atoms with van der Waals surface area (Å²) in [4.78, 5) is 38.6. The third-order valence-corrected chi connectivity index (χ3v) is 3.56. The van der Waals surface area contributed by atoms with Crippen molar-refractivity contribution < 1.29 is 24.0 Å². The highest BCUT2D eigenvalue weighted by Gasteiger charge is 2.23. The SMILES string of the molecule is COC(=O)[C@H](Cc1ccc(OC)nc1)NC(=O)c1cccc([N+](=O)[O-])c1. The molecule has 136 valence electrons. The summed E-state index contributed by atoms with van der Waals surface area (Å²) in [6.07, 6.45) is 1.67. The molecule has 0 radical (unpaired) electrons. The minimum atomic E-state index is -0.970. The molecule has 26 heavy (non-hydrogen) atoms. The molecule has 1 amide bonds. The lowest BCUT2D eigenvalue weighted by Crippen LogP contribution is -2.43. The summed E-state index contributed by atoms with van der Waals surface area (Å²) in [5, 5.41) is 13.4. The average molecular weight is 359 g/mol. The summed E-state index contributed by atoms with van der Waals surface area (Å²) in [5.74, 6) is -0.839. The number of nitro benzene ring substituents is 1. The minimum absolute atomic E-state index is 0.0703. The van der Waals surface area contributed by atoms with E-state index in [1.54, 1.807) is 12.1 Å². The number of aromatic nitrogens is 1. The Morgan fingerprint density at radius 2 is 2.04 bits per heavy atom. The number of non-ortho nitro benzene ring substituents is 1. The summed E-state index contributed by atoms with van der Waals surface area (Å²) in [7, 11) is 2.69. The van der Waals surface area contributed by atoms with Crippen molar-refractivity contribution in [3.8, 4) is 5.88 Å². The van der Waals surface area contributed by atoms with Gasteiger partial charge in [-0.1, -0.05) is 12.1 Å². The molecule has 9 heteroatoms. The first kappa shape index (κ1) is 18.8. The van der Waals surface area contributed by atoms with Crippen molar-refractivity contribution in [3.05, 3.63) is 63.8 Å². The van der Waals surface area contributed by atoms with Crippen LogP contribution in [0, 0.1) is 10.1 Å². The second kappa shape index (κ2) is 8.56. The first-order valence-electron chi connectivity index (χ1n) is 7.56. The molecule has 0 saturated heterocycles. The number of esters is 1. The van der Waals surface area contributed by atoms with Gasteiger partial charge in [0.25, 0.3) is 11.6 Å². The quantitative estimate of drug-likeness (QED) is 0.452. The zero-order valence-electron chi connectivity index (χ0n) is 14.2. The topological polar surface area (TPSA) is 121 Å². The van der Waals surface area contributed by atoms with Crippen LogP contribution < -0.4 is 10.1 Å². The van der Waals surface area contributed by atoms with E-state index >= 15 is 0 Å². The number of nitro groups is 1. The molecule has 0 aliphatic heterocycles. The average Bonchev–Trinajstić information content (AvgIpc) is 2.67. The standard InChI is InChI=1S/C17H17N3O6/c1-25-15-7-6-11(10-18-15)8-14(17(22)26-2)19-16(21)12-4-3-5-13(9-12)20(23)24/h3-7,9-10,14H,8H2,1-2H3,(H,19,21)/t14-/m0/s1. The lowest BCUT2D eigenvalue weighted by atomic mass is 10.1. The van der Waals surface area contributed by atoms with Crippen molar-refractivity contribution in [2.75, 3.05) is 14.2 Å². The van der Waals surface area contributed by atoms with E-state index in [1.165, 1.54) is 38.6 Å². The van der Waals surface area contributed by atoms with Crippen molar-refractivity contribution in [3.63, 3.8) is 0 Å². The molecule has 1 heterocycles. The van der Waals surface area contributed by atoms with Crippen molar-refractivity contribution in [2.24, 2.45) is 0 Å². The number of carbonyl (C=O) groups is 2. The molecule has 9 nitrogen and oxygen atoms in total. The Kier molecular flexibility index (Phi) is 6.20. The van der Waals surface area contributed by atoms with E-state index in [-0.39, 0.29) is 17.7 Å². The zero-order chi connectivity index (χ0) is 19.1. The maximum atomic E-state index is 12.4. The molecule has 0 aliphatic carbocycles. The van der Waals surface area contributed by atoms with Gasteiger partial charge < -0.3 is 14.8 Å². The van der Waals surface area contributed by atoms with Gasteiger partial charge in [-0.2, -0.15) is 0 Å². The van der Waals surface area contributed by atoms with Crippen LogP contribution in [0.2, 0.25) is 0 Å². The van der Waals surface area contributed by atoms with Gasteiger partial charge in [-0.25, -0.2) is 9.78 Å². The molecule has 1 aromatic heterocycles. The van der Waals surface area contributed by atoms with Crippen LogP contribution in [-0.4, -0.2) is 42.0 Å². The van der Waals surface area contributed by atoms with Crippen LogP contribution >= 0.6 is 0 Å². The fourth-order valence-electron chi connectivity index (χ4n) is 2.23. The van der Waals surface area contributed by atoms with Crippen LogP contribution in [0.5, 0.6) is 5.88 Å². The third kappa shape index (κ3) is 4.76. The molecule has 1 N–H and O–H groups in total. The number of nitrogens with one attached hydrogen (secondary N) is 1. The van der Waals surface area contributed by atoms with Crippen LogP contribution in [0.25, 0.3) is 0 Å². The molecule has 2 rings (SSSR count). The third-order valence-electron chi connectivity index (χ3n) is 3.56. The van der Waals surface area contributed by atoms with Crippen LogP contribution in [0.15, 0.2) is 42.6 Å². The lowest BCUT2D eigenvalue weighted by Gasteiger charge is -2.16. The molecule has 0 fully saturated rings. The monoisotopic (exact) mass is 359 g/mol. The van der Waals surface area contributed by atoms with Crippen LogP contribution in [0.1, 0.15) is 15.9 Å². The van der Waals surface area contributed by atoms with Gasteiger partial charge >= 0.3 is 5.97 Å². The molecule has 0 unspecified atom stereocenters. The normalized spacial score (nSPS) is 11.3. The number of benzene rings is 1. The van der Waals surface area contributed by atoms with E-state index in [0.717, 1.165) is 6.07 Å². The number of amides is 1. The number of ether oxygens (including phenoxy) is 2. The Bertz CT molecular complexity index is 806. The Labute approximate surface area is 149 Å². The van der Waals surface area contributed by atoms with Gasteiger partial charge in [-0.15, -0.1) is 0 Å². The van der Waals surface area contributed by atoms with Crippen LogP contribution in [0.3, 0.4) is 0 Å². The number of pyridine rings is 1. The van der Waals surface area contributed by atoms with E-state index in [2.05, 4.69) is 10.3 Å². The van der Waals surface area contributed by atoms with Crippen molar-refractivity contribution in [2.45, 2.75) is 12.5 Å². The summed E-state index contributed by atoms with van der Waals surface area (Å²) in [6, 6.07) is 7.60. The maximum Gasteiger partial charge on any atom is 0.328 e. The fourth-order valence-corrected chi connectivity index (χ4v) is 2.23. The summed E-state index contributed by atoms with van der Waals surface area (Å²) in [6.45, 7) is 0. The highest BCUT2D eigenvalue weighted by Crippen LogP contribution is 2.14. The van der Waals surface area contributed by atoms with Crippen molar-refractivity contribution in [1.82, 2.24) is 10.3 Å². The fraction of sp³-hybridized carbons (Fsp3) is 0.235. The predicted molar refractivity (Wildman–Crippen MR) is 90.9 cm³/mol. The van der Waals surface area contributed by atoms with Gasteiger partial charge in [0.05, 0.1) is 19.1 Å². The molecular formula is C17H17N3O6. The minimum Gasteiger partial charge on any atom is -0.481 e. The van der Waals surface area contributed by atoms with Gasteiger partial charge in [0, 0.05) is 36.4 Å². The van der Waals surface area contributed by atoms with E-state index in [0.29, 0.717) is 11.4 Å². The maximum absolute atomic E-state index is 12.4. The van der Waals surface area contributed by atoms with E-state index in [9.17, 15) is 19.7 Å². The van der Waals surface area contributed by atoms with Crippen LogP contribution in [0.4, 0.5) is 5.69 Å². The lowest BCUT2D eigenvalue weighted by molar-refractivity contribution is -0.384. The smallest absolute Gasteiger partial charge is 0.328 e. The van der Waals surface area contributed by atoms with E-state index in [1.807, 2.05) is 0 Å². The predicted octanol–water partition coefficient (Wildman–Crippen LogP) is 1.51. The molecular weight excluding hydrogens is 342 g/mol. The first-order chi connectivity index (χ1) is 12.4. The molecule has 0 spiro atoms. The Balaban J connectivity index is 2.16. The highest BCUT2D eigenvalue weighted by atomic mass is 16.6. The Morgan fingerprint density at radius 3 is 2.62 bits per heavy atom. The molecule has 0 bridgehead atoms. The van der Waals surface area contributed by atoms with Gasteiger partial charge in [-0.05, 0) is 11.6 Å². The van der Waals surface area contributed by atoms with Gasteiger partial charge in [0.2, 0.25) is 5.88 Å². The molecule has 2 aromatic rings. The summed E-state index contributed by atoms with van der Waals surface area (Å²) in [5.41, 5.74) is 0.535. The summed E-state index contributed by atoms with van der Waals surface area (Å²) < 4.78 is 9.69. The second-order valence-corrected chi connectivity index (χ2v) is 5.27. The molecule has 1 atom stereocenters. The Morgan fingerprint density at radius 1 is 1.27 bits per heavy atom. The highest BCUT2D eigenvalue weighted by molar-refractivity contribution is 5.97. The number of rotatable bonds is 7. The van der Waals surface area contributed by atoms with Crippen molar-refractivity contribution >= 4 is 17.6 Å². The summed E-state index contributed by atoms with van der Waals surface area (Å²) >= 11 is 0. The van der Waals surface area contributed by atoms with E-state index in [4.69, 9.17) is 9.47 Å². The van der Waals surface area contributed by atoms with Gasteiger partial charge in [0.1, 0.15) is 6.04 Å². The zero-order valence-corrected chi connectivity index (χ0v) is 14.2. The first-order valence-corrected chi connectivity index (χ1v) is 7.56. The number of methoxy groups -OCH3 is 2. The van der Waals surface area contributed by atoms with E-state index < -0.39 is 22.8 Å². The van der Waals surface area contributed by atoms with Gasteiger partial charge in [0.15, 0.2) is 0 Å². The molecule has 0 saturated carbocycles. The number of carbonyl (C=O) groups excluding carboxylic acids is 2.